The average Bonchev–Trinajstić information content (AvgIpc) is 2.48. The first-order valence-corrected chi connectivity index (χ1v) is 7.86. The van der Waals surface area contributed by atoms with Crippen molar-refractivity contribution >= 4 is 11.6 Å². The summed E-state index contributed by atoms with van der Waals surface area (Å²) in [6, 6.07) is 3.58. The van der Waals surface area contributed by atoms with Crippen LogP contribution in [0.4, 0.5) is 5.69 Å². The largest absolute Gasteiger partial charge is 0.490 e. The van der Waals surface area contributed by atoms with E-state index in [2.05, 4.69) is 13.8 Å². The zero-order chi connectivity index (χ0) is 16.3. The van der Waals surface area contributed by atoms with Gasteiger partial charge in [0.1, 0.15) is 0 Å². The Balaban J connectivity index is 2.46. The van der Waals surface area contributed by atoms with Gasteiger partial charge in [0.15, 0.2) is 17.6 Å². The zero-order valence-electron chi connectivity index (χ0n) is 13.8. The molecule has 2 rings (SSSR count). The number of benzene rings is 1. The maximum Gasteiger partial charge on any atom is 0.267 e. The number of aliphatic hydroxyl groups excluding tert-OH is 1. The van der Waals surface area contributed by atoms with E-state index < -0.39 is 6.10 Å². The third-order valence-corrected chi connectivity index (χ3v) is 3.71. The van der Waals surface area contributed by atoms with Gasteiger partial charge in [0.2, 0.25) is 0 Å². The van der Waals surface area contributed by atoms with E-state index in [0.29, 0.717) is 41.8 Å². The number of aliphatic hydroxyl groups is 1. The second-order valence-electron chi connectivity index (χ2n) is 5.97. The quantitative estimate of drug-likeness (QED) is 0.878. The number of carbonyl (C=O) groups is 1. The van der Waals surface area contributed by atoms with Gasteiger partial charge in [-0.15, -0.1) is 0 Å². The van der Waals surface area contributed by atoms with Crippen molar-refractivity contribution in [2.75, 3.05) is 18.1 Å². The molecule has 1 atom stereocenters. The third kappa shape index (κ3) is 3.35. The minimum atomic E-state index is -0.529. The number of hydrogen-bond donors (Lipinski definition) is 1. The molecule has 1 unspecified atom stereocenters. The average molecular weight is 307 g/mol. The van der Waals surface area contributed by atoms with Gasteiger partial charge < -0.3 is 19.5 Å². The molecule has 1 N–H and O–H groups in total. The summed E-state index contributed by atoms with van der Waals surface area (Å²) in [7, 11) is 0. The van der Waals surface area contributed by atoms with Crippen molar-refractivity contribution in [1.29, 1.82) is 0 Å². The normalized spacial score (nSPS) is 17.5. The first-order valence-electron chi connectivity index (χ1n) is 7.86. The molecule has 1 aromatic rings. The molecule has 1 aromatic carbocycles. The van der Waals surface area contributed by atoms with Crippen LogP contribution in [0.1, 0.15) is 39.7 Å². The summed E-state index contributed by atoms with van der Waals surface area (Å²) in [6.07, 6.45) is 0.379. The van der Waals surface area contributed by atoms with E-state index in [-0.39, 0.29) is 12.5 Å². The fourth-order valence-corrected chi connectivity index (χ4v) is 2.50. The van der Waals surface area contributed by atoms with Gasteiger partial charge in [0, 0.05) is 6.54 Å². The molecule has 0 aliphatic carbocycles. The highest BCUT2D eigenvalue weighted by atomic mass is 16.5. The Labute approximate surface area is 131 Å². The third-order valence-electron chi connectivity index (χ3n) is 3.71. The second-order valence-corrected chi connectivity index (χ2v) is 5.97. The van der Waals surface area contributed by atoms with E-state index in [0.717, 1.165) is 6.42 Å². The molecule has 1 aliphatic rings. The van der Waals surface area contributed by atoms with Gasteiger partial charge in [0.25, 0.3) is 5.91 Å². The maximum atomic E-state index is 12.5. The fraction of sp³-hybridized carbons (Fsp3) is 0.588. The van der Waals surface area contributed by atoms with Gasteiger partial charge in [-0.25, -0.2) is 0 Å². The number of hydrogen-bond acceptors (Lipinski definition) is 4. The van der Waals surface area contributed by atoms with Gasteiger partial charge in [-0.2, -0.15) is 0 Å². The fourth-order valence-electron chi connectivity index (χ4n) is 2.50. The van der Waals surface area contributed by atoms with Gasteiger partial charge >= 0.3 is 0 Å². The highest BCUT2D eigenvalue weighted by Crippen LogP contribution is 2.43. The molecular formula is C17H25NO4. The van der Waals surface area contributed by atoms with Crippen molar-refractivity contribution in [1.82, 2.24) is 0 Å². The summed E-state index contributed by atoms with van der Waals surface area (Å²) in [5, 5.41) is 9.45. The van der Waals surface area contributed by atoms with Gasteiger partial charge in [-0.3, -0.25) is 4.79 Å². The number of ether oxygens (including phenoxy) is 2. The maximum absolute atomic E-state index is 12.5. The lowest BCUT2D eigenvalue weighted by Crippen LogP contribution is -2.45. The Kier molecular flexibility index (Phi) is 5.29. The standard InChI is InChI=1S/C17H25NO4/c1-5-21-15-9-13(10-19)8-14-16(15)22-12(4)17(20)18(14)7-6-11(2)3/h8-9,11-12,19H,5-7,10H2,1-4H3. The van der Waals surface area contributed by atoms with Crippen LogP contribution in [0.15, 0.2) is 12.1 Å². The Morgan fingerprint density at radius 1 is 1.41 bits per heavy atom. The number of nitrogens with zero attached hydrogens (tertiary/aromatic N) is 1. The summed E-state index contributed by atoms with van der Waals surface area (Å²) < 4.78 is 11.4. The molecule has 0 saturated heterocycles. The molecular weight excluding hydrogens is 282 g/mol. The summed E-state index contributed by atoms with van der Waals surface area (Å²) >= 11 is 0. The first-order chi connectivity index (χ1) is 10.5. The van der Waals surface area contributed by atoms with Crippen LogP contribution in [0.25, 0.3) is 0 Å². The van der Waals surface area contributed by atoms with E-state index >= 15 is 0 Å². The van der Waals surface area contributed by atoms with E-state index in [9.17, 15) is 9.90 Å². The predicted molar refractivity (Wildman–Crippen MR) is 85.4 cm³/mol. The molecule has 0 bridgehead atoms. The van der Waals surface area contributed by atoms with Gasteiger partial charge in [0.05, 0.1) is 18.9 Å². The molecule has 122 valence electrons. The van der Waals surface area contributed by atoms with E-state index in [1.54, 1.807) is 17.9 Å². The molecule has 0 saturated carbocycles. The van der Waals surface area contributed by atoms with Crippen molar-refractivity contribution in [2.45, 2.75) is 46.8 Å². The second kappa shape index (κ2) is 7.01. The number of fused-ring (bicyclic) bond motifs is 1. The van der Waals surface area contributed by atoms with Crippen LogP contribution in [-0.4, -0.2) is 30.3 Å². The van der Waals surface area contributed by atoms with Crippen LogP contribution >= 0.6 is 0 Å². The minimum Gasteiger partial charge on any atom is -0.490 e. The van der Waals surface area contributed by atoms with Gasteiger partial charge in [-0.05, 0) is 43.9 Å². The number of carbonyl (C=O) groups excluding carboxylic acids is 1. The Morgan fingerprint density at radius 3 is 2.73 bits per heavy atom. The molecule has 22 heavy (non-hydrogen) atoms. The lowest BCUT2D eigenvalue weighted by atomic mass is 10.1. The van der Waals surface area contributed by atoms with E-state index in [1.807, 2.05) is 13.0 Å². The number of amides is 1. The van der Waals surface area contributed by atoms with Crippen molar-refractivity contribution in [2.24, 2.45) is 5.92 Å². The molecule has 0 radical (unpaired) electrons. The summed E-state index contributed by atoms with van der Waals surface area (Å²) in [4.78, 5) is 14.2. The van der Waals surface area contributed by atoms with Crippen LogP contribution < -0.4 is 14.4 Å². The summed E-state index contributed by atoms with van der Waals surface area (Å²) in [6.45, 7) is 8.94. The lowest BCUT2D eigenvalue weighted by molar-refractivity contribution is -0.125. The van der Waals surface area contributed by atoms with E-state index in [4.69, 9.17) is 9.47 Å². The van der Waals surface area contributed by atoms with Crippen LogP contribution in [0.3, 0.4) is 0 Å². The molecule has 1 heterocycles. The molecule has 5 heteroatoms. The van der Waals surface area contributed by atoms with Crippen molar-refractivity contribution in [3.05, 3.63) is 17.7 Å². The van der Waals surface area contributed by atoms with Gasteiger partial charge in [-0.1, -0.05) is 13.8 Å². The Bertz CT molecular complexity index is 542. The smallest absolute Gasteiger partial charge is 0.267 e. The molecule has 0 aromatic heterocycles. The van der Waals surface area contributed by atoms with E-state index in [1.165, 1.54) is 0 Å². The molecule has 1 aliphatic heterocycles. The lowest BCUT2D eigenvalue weighted by Gasteiger charge is -2.34. The topological polar surface area (TPSA) is 59.0 Å². The molecule has 0 fully saturated rings. The highest BCUT2D eigenvalue weighted by Gasteiger charge is 2.33. The Morgan fingerprint density at radius 2 is 2.14 bits per heavy atom. The molecule has 1 amide bonds. The van der Waals surface area contributed by atoms with Crippen LogP contribution in [-0.2, 0) is 11.4 Å². The van der Waals surface area contributed by atoms with Crippen LogP contribution in [0, 0.1) is 5.92 Å². The van der Waals surface area contributed by atoms with Crippen molar-refractivity contribution < 1.29 is 19.4 Å². The monoisotopic (exact) mass is 307 g/mol. The van der Waals surface area contributed by atoms with Crippen molar-refractivity contribution in [3.63, 3.8) is 0 Å². The SMILES string of the molecule is CCOc1cc(CO)cc2c1OC(C)C(=O)N2CCC(C)C. The van der Waals surface area contributed by atoms with Crippen molar-refractivity contribution in [3.8, 4) is 11.5 Å². The first kappa shape index (κ1) is 16.6. The van der Waals surface area contributed by atoms with Crippen LogP contribution in [0.2, 0.25) is 0 Å². The Hall–Kier alpha value is -1.75. The number of rotatable bonds is 6. The highest BCUT2D eigenvalue weighted by molar-refractivity contribution is 6.00. The number of anilines is 1. The minimum absolute atomic E-state index is 0.0503. The van der Waals surface area contributed by atoms with Crippen LogP contribution in [0.5, 0.6) is 11.5 Å². The zero-order valence-corrected chi connectivity index (χ0v) is 13.8. The summed E-state index contributed by atoms with van der Waals surface area (Å²) in [5.41, 5.74) is 1.40. The summed E-state index contributed by atoms with van der Waals surface area (Å²) in [5.74, 6) is 1.63. The molecule has 5 nitrogen and oxygen atoms in total. The molecule has 0 spiro atoms. The predicted octanol–water partition coefficient (Wildman–Crippen LogP) is 2.74.